The van der Waals surface area contributed by atoms with Crippen molar-refractivity contribution in [3.8, 4) is 0 Å². The number of fused-ring (bicyclic) bond motifs is 1. The van der Waals surface area contributed by atoms with Gasteiger partial charge in [0.25, 0.3) is 11.8 Å². The fourth-order valence-electron chi connectivity index (χ4n) is 5.46. The van der Waals surface area contributed by atoms with Crippen LogP contribution in [0.1, 0.15) is 46.2 Å². The standard InChI is InChI=1S/C25H25ClN6O2/c1-3-31-11-17(8-28-31)23(33)30-14-25(15-30)12-29(13-25)19-7-20(10-27-9-19)32-16(2)22-6-18(26)4-5-21(22)24(32)34/h4-11,16H,3,12-15H2,1-2H3/t16-/m0/s1. The third-order valence-electron chi connectivity index (χ3n) is 7.25. The molecule has 0 unspecified atom stereocenters. The van der Waals surface area contributed by atoms with Gasteiger partial charge in [0.15, 0.2) is 0 Å². The summed E-state index contributed by atoms with van der Waals surface area (Å²) in [5.41, 5.74) is 4.18. The number of hydrogen-bond acceptors (Lipinski definition) is 5. The Balaban J connectivity index is 1.12. The summed E-state index contributed by atoms with van der Waals surface area (Å²) in [5.74, 6) is 0.0198. The third kappa shape index (κ3) is 3.20. The van der Waals surface area contributed by atoms with Gasteiger partial charge in [-0.3, -0.25) is 24.2 Å². The molecule has 1 spiro atoms. The zero-order valence-corrected chi connectivity index (χ0v) is 19.9. The number of hydrogen-bond donors (Lipinski definition) is 0. The molecule has 3 aliphatic rings. The van der Waals surface area contributed by atoms with Crippen molar-refractivity contribution in [3.05, 3.63) is 70.8 Å². The Hall–Kier alpha value is -3.39. The molecule has 34 heavy (non-hydrogen) atoms. The zero-order chi connectivity index (χ0) is 23.6. The van der Waals surface area contributed by atoms with E-state index in [1.165, 1.54) is 0 Å². The second-order valence-corrected chi connectivity index (χ2v) is 10.0. The molecular weight excluding hydrogens is 452 g/mol. The number of halogens is 1. The SMILES string of the molecule is CCn1cc(C(=O)N2CC3(C2)CN(c2cncc(N4C(=O)c5ccc(Cl)cc5[C@@H]4C)c2)C3)cn1. The van der Waals surface area contributed by atoms with E-state index in [-0.39, 0.29) is 23.3 Å². The largest absolute Gasteiger partial charge is 0.369 e. The maximum absolute atomic E-state index is 13.1. The first kappa shape index (κ1) is 21.2. The van der Waals surface area contributed by atoms with Gasteiger partial charge in [0.2, 0.25) is 0 Å². The lowest BCUT2D eigenvalue weighted by atomic mass is 9.72. The number of benzene rings is 1. The van der Waals surface area contributed by atoms with Crippen molar-refractivity contribution in [1.82, 2.24) is 19.7 Å². The molecule has 6 rings (SSSR count). The molecule has 0 aliphatic carbocycles. The van der Waals surface area contributed by atoms with E-state index in [4.69, 9.17) is 11.6 Å². The number of pyridine rings is 1. The number of anilines is 2. The fraction of sp³-hybridized carbons (Fsp3) is 0.360. The Bertz CT molecular complexity index is 1310. The normalized spacial score (nSPS) is 20.4. The van der Waals surface area contributed by atoms with Crippen molar-refractivity contribution in [2.45, 2.75) is 26.4 Å². The molecule has 0 saturated carbocycles. The molecule has 0 radical (unpaired) electrons. The predicted molar refractivity (Wildman–Crippen MR) is 129 cm³/mol. The van der Waals surface area contributed by atoms with E-state index >= 15 is 0 Å². The lowest BCUT2D eigenvalue weighted by molar-refractivity contribution is -0.0105. The fourth-order valence-corrected chi connectivity index (χ4v) is 5.64. The van der Waals surface area contributed by atoms with Crippen LogP contribution in [0.4, 0.5) is 11.4 Å². The Morgan fingerprint density at radius 2 is 1.88 bits per heavy atom. The first-order valence-electron chi connectivity index (χ1n) is 11.5. The topological polar surface area (TPSA) is 74.6 Å². The molecule has 2 saturated heterocycles. The summed E-state index contributed by atoms with van der Waals surface area (Å²) >= 11 is 6.16. The lowest BCUT2D eigenvalue weighted by Crippen LogP contribution is -2.73. The second-order valence-electron chi connectivity index (χ2n) is 9.59. The van der Waals surface area contributed by atoms with Gasteiger partial charge < -0.3 is 9.80 Å². The summed E-state index contributed by atoms with van der Waals surface area (Å²) in [5, 5.41) is 4.84. The van der Waals surface area contributed by atoms with Gasteiger partial charge in [-0.15, -0.1) is 0 Å². The summed E-state index contributed by atoms with van der Waals surface area (Å²) in [6, 6.07) is 7.34. The van der Waals surface area contributed by atoms with Crippen LogP contribution in [0.25, 0.3) is 0 Å². The van der Waals surface area contributed by atoms with Crippen molar-refractivity contribution in [2.75, 3.05) is 36.0 Å². The molecular formula is C25H25ClN6O2. The number of likely N-dealkylation sites (tertiary alicyclic amines) is 1. The van der Waals surface area contributed by atoms with Gasteiger partial charge in [-0.25, -0.2) is 0 Å². The van der Waals surface area contributed by atoms with Crippen LogP contribution in [-0.4, -0.2) is 57.7 Å². The molecule has 174 valence electrons. The van der Waals surface area contributed by atoms with E-state index in [0.717, 1.165) is 49.7 Å². The van der Waals surface area contributed by atoms with Crippen LogP contribution >= 0.6 is 11.6 Å². The number of aromatic nitrogens is 3. The molecule has 0 bridgehead atoms. The van der Waals surface area contributed by atoms with Crippen LogP contribution < -0.4 is 9.80 Å². The maximum Gasteiger partial charge on any atom is 0.259 e. The highest BCUT2D eigenvalue weighted by molar-refractivity contribution is 6.31. The van der Waals surface area contributed by atoms with Crippen LogP contribution in [0, 0.1) is 5.41 Å². The predicted octanol–water partition coefficient (Wildman–Crippen LogP) is 3.64. The van der Waals surface area contributed by atoms with E-state index < -0.39 is 0 Å². The lowest BCUT2D eigenvalue weighted by Gasteiger charge is -2.60. The number of amides is 2. The highest BCUT2D eigenvalue weighted by Gasteiger charge is 2.53. The monoisotopic (exact) mass is 476 g/mol. The first-order valence-corrected chi connectivity index (χ1v) is 11.9. The molecule has 1 aromatic carbocycles. The highest BCUT2D eigenvalue weighted by Crippen LogP contribution is 2.44. The molecule has 3 aromatic rings. The van der Waals surface area contributed by atoms with Gasteiger partial charge >= 0.3 is 0 Å². The minimum atomic E-state index is -0.107. The van der Waals surface area contributed by atoms with Gasteiger partial charge in [-0.05, 0) is 43.7 Å². The van der Waals surface area contributed by atoms with Crippen molar-refractivity contribution in [2.24, 2.45) is 5.41 Å². The Morgan fingerprint density at radius 3 is 2.62 bits per heavy atom. The summed E-state index contributed by atoms with van der Waals surface area (Å²) in [7, 11) is 0. The number of nitrogens with zero attached hydrogens (tertiary/aromatic N) is 6. The van der Waals surface area contributed by atoms with E-state index in [9.17, 15) is 9.59 Å². The highest BCUT2D eigenvalue weighted by atomic mass is 35.5. The van der Waals surface area contributed by atoms with Gasteiger partial charge in [-0.1, -0.05) is 11.6 Å². The van der Waals surface area contributed by atoms with E-state index in [1.807, 2.05) is 43.3 Å². The third-order valence-corrected chi connectivity index (χ3v) is 7.48. The summed E-state index contributed by atoms with van der Waals surface area (Å²) in [4.78, 5) is 36.2. The molecule has 2 amide bonds. The molecule has 2 aromatic heterocycles. The minimum absolute atomic E-state index is 0.0299. The minimum Gasteiger partial charge on any atom is -0.369 e. The van der Waals surface area contributed by atoms with Crippen LogP contribution in [0.3, 0.4) is 0 Å². The van der Waals surface area contributed by atoms with Gasteiger partial charge in [0.05, 0.1) is 41.6 Å². The Kier molecular flexibility index (Phi) is 4.71. The Morgan fingerprint density at radius 1 is 1.12 bits per heavy atom. The average Bonchev–Trinajstić information content (AvgIpc) is 3.35. The molecule has 0 N–H and O–H groups in total. The summed E-state index contributed by atoms with van der Waals surface area (Å²) < 4.78 is 1.77. The molecule has 1 atom stereocenters. The molecule has 3 aliphatic heterocycles. The zero-order valence-electron chi connectivity index (χ0n) is 19.1. The summed E-state index contributed by atoms with van der Waals surface area (Å²) in [6.45, 7) is 8.01. The van der Waals surface area contributed by atoms with E-state index in [0.29, 0.717) is 16.1 Å². The Labute approximate surface area is 202 Å². The van der Waals surface area contributed by atoms with Crippen LogP contribution in [0.5, 0.6) is 0 Å². The maximum atomic E-state index is 13.1. The number of rotatable bonds is 4. The number of carbonyl (C=O) groups excluding carboxylic acids is 2. The van der Waals surface area contributed by atoms with Crippen molar-refractivity contribution in [3.63, 3.8) is 0 Å². The average molecular weight is 477 g/mol. The number of carbonyl (C=O) groups is 2. The van der Waals surface area contributed by atoms with Crippen LogP contribution in [-0.2, 0) is 6.54 Å². The van der Waals surface area contributed by atoms with Crippen molar-refractivity contribution >= 4 is 34.8 Å². The van der Waals surface area contributed by atoms with Crippen LogP contribution in [0.15, 0.2) is 49.1 Å². The van der Waals surface area contributed by atoms with Crippen molar-refractivity contribution in [1.29, 1.82) is 0 Å². The molecule has 9 heteroatoms. The quantitative estimate of drug-likeness (QED) is 0.574. The first-order chi connectivity index (χ1) is 16.4. The summed E-state index contributed by atoms with van der Waals surface area (Å²) in [6.07, 6.45) is 7.03. The molecule has 5 heterocycles. The van der Waals surface area contributed by atoms with Gasteiger partial charge in [-0.2, -0.15) is 5.10 Å². The van der Waals surface area contributed by atoms with E-state index in [1.54, 1.807) is 34.1 Å². The van der Waals surface area contributed by atoms with Gasteiger partial charge in [0.1, 0.15) is 0 Å². The number of aryl methyl sites for hydroxylation is 1. The van der Waals surface area contributed by atoms with E-state index in [2.05, 4.69) is 15.0 Å². The smallest absolute Gasteiger partial charge is 0.259 e. The second kappa shape index (κ2) is 7.56. The van der Waals surface area contributed by atoms with Gasteiger partial charge in [0, 0.05) is 54.9 Å². The molecule has 2 fully saturated rings. The van der Waals surface area contributed by atoms with Crippen molar-refractivity contribution < 1.29 is 9.59 Å². The molecule has 8 nitrogen and oxygen atoms in total. The van der Waals surface area contributed by atoms with Crippen LogP contribution in [0.2, 0.25) is 5.02 Å².